The number of hydrogen-bond donors (Lipinski definition) is 1. The van der Waals surface area contributed by atoms with Gasteiger partial charge in [0.05, 0.1) is 23.4 Å². The molecule has 3 aromatic rings. The molecule has 1 atom stereocenters. The summed E-state index contributed by atoms with van der Waals surface area (Å²) >= 11 is 0. The Hall–Kier alpha value is -3.04. The zero-order chi connectivity index (χ0) is 20.4. The Morgan fingerprint density at radius 1 is 1.14 bits per heavy atom. The minimum Gasteiger partial charge on any atom is -0.497 e. The van der Waals surface area contributed by atoms with E-state index in [0.29, 0.717) is 35.9 Å². The van der Waals surface area contributed by atoms with Gasteiger partial charge in [-0.25, -0.2) is 13.4 Å². The Labute approximate surface area is 168 Å². The monoisotopic (exact) mass is 412 g/mol. The number of aromatic nitrogens is 3. The molecular formula is C20H20N4O4S. The molecule has 2 aromatic heterocycles. The normalized spacial score (nSPS) is 17.3. The standard InChI is InChI=1S/C20H20N4O4S/c1-28-15-5-7-16(8-6-15)29(26,27)24-11-9-14(13-24)20-22-18(12-19(25)23-20)17-4-2-3-10-21-17/h2-8,10,12,14H,9,11,13H2,1H3,(H,22,23,25). The minimum absolute atomic E-state index is 0.195. The number of methoxy groups -OCH3 is 1. The first-order valence-corrected chi connectivity index (χ1v) is 10.6. The van der Waals surface area contributed by atoms with Crippen LogP contribution in [-0.4, -0.2) is 47.9 Å². The number of H-pyrrole nitrogens is 1. The molecule has 1 fully saturated rings. The lowest BCUT2D eigenvalue weighted by Crippen LogP contribution is -2.29. The molecule has 9 heteroatoms. The van der Waals surface area contributed by atoms with Gasteiger partial charge in [0.2, 0.25) is 10.0 Å². The van der Waals surface area contributed by atoms with Gasteiger partial charge in [0.1, 0.15) is 11.6 Å². The van der Waals surface area contributed by atoms with Crippen LogP contribution in [0.2, 0.25) is 0 Å². The average molecular weight is 412 g/mol. The molecular weight excluding hydrogens is 392 g/mol. The highest BCUT2D eigenvalue weighted by Gasteiger charge is 2.34. The van der Waals surface area contributed by atoms with Crippen LogP contribution < -0.4 is 10.3 Å². The molecule has 0 spiro atoms. The fraction of sp³-hybridized carbons (Fsp3) is 0.250. The van der Waals surface area contributed by atoms with Gasteiger partial charge in [0.15, 0.2) is 0 Å². The Morgan fingerprint density at radius 3 is 2.62 bits per heavy atom. The second-order valence-corrected chi connectivity index (χ2v) is 8.69. The molecule has 0 radical (unpaired) electrons. The van der Waals surface area contributed by atoms with Gasteiger partial charge < -0.3 is 9.72 Å². The van der Waals surface area contributed by atoms with E-state index < -0.39 is 10.0 Å². The van der Waals surface area contributed by atoms with E-state index in [4.69, 9.17) is 4.74 Å². The Bertz CT molecular complexity index is 1160. The first-order chi connectivity index (χ1) is 14.0. The molecule has 1 aliphatic heterocycles. The maximum absolute atomic E-state index is 12.9. The van der Waals surface area contributed by atoms with Crippen molar-refractivity contribution in [2.24, 2.45) is 0 Å². The molecule has 0 amide bonds. The predicted molar refractivity (Wildman–Crippen MR) is 107 cm³/mol. The van der Waals surface area contributed by atoms with Crippen LogP contribution in [0.15, 0.2) is 64.4 Å². The van der Waals surface area contributed by atoms with Gasteiger partial charge >= 0.3 is 0 Å². The molecule has 0 aliphatic carbocycles. The molecule has 1 saturated heterocycles. The summed E-state index contributed by atoms with van der Waals surface area (Å²) in [6, 6.07) is 13.1. The van der Waals surface area contributed by atoms with Crippen LogP contribution in [-0.2, 0) is 10.0 Å². The van der Waals surface area contributed by atoms with Gasteiger partial charge in [-0.1, -0.05) is 6.07 Å². The van der Waals surface area contributed by atoms with Crippen molar-refractivity contribution in [2.45, 2.75) is 17.2 Å². The van der Waals surface area contributed by atoms with Crippen molar-refractivity contribution in [1.82, 2.24) is 19.3 Å². The second kappa shape index (κ2) is 7.76. The molecule has 150 valence electrons. The van der Waals surface area contributed by atoms with Gasteiger partial charge in [-0.15, -0.1) is 0 Å². The van der Waals surface area contributed by atoms with Gasteiger partial charge in [-0.2, -0.15) is 4.31 Å². The quantitative estimate of drug-likeness (QED) is 0.687. The summed E-state index contributed by atoms with van der Waals surface area (Å²) in [6.45, 7) is 0.611. The van der Waals surface area contributed by atoms with Crippen LogP contribution in [0.25, 0.3) is 11.4 Å². The average Bonchev–Trinajstić information content (AvgIpc) is 3.25. The summed E-state index contributed by atoms with van der Waals surface area (Å²) in [5.41, 5.74) is 0.786. The van der Waals surface area contributed by atoms with E-state index in [-0.39, 0.29) is 22.9 Å². The largest absolute Gasteiger partial charge is 0.497 e. The van der Waals surface area contributed by atoms with E-state index in [0.717, 1.165) is 0 Å². The molecule has 1 aromatic carbocycles. The minimum atomic E-state index is -3.63. The highest BCUT2D eigenvalue weighted by Crippen LogP contribution is 2.30. The summed E-state index contributed by atoms with van der Waals surface area (Å²) in [7, 11) is -2.10. The van der Waals surface area contributed by atoms with E-state index in [9.17, 15) is 13.2 Å². The van der Waals surface area contributed by atoms with Crippen molar-refractivity contribution in [3.63, 3.8) is 0 Å². The van der Waals surface area contributed by atoms with Gasteiger partial charge in [-0.3, -0.25) is 9.78 Å². The van der Waals surface area contributed by atoms with Crippen molar-refractivity contribution < 1.29 is 13.2 Å². The van der Waals surface area contributed by atoms with Crippen LogP contribution in [0.3, 0.4) is 0 Å². The number of nitrogens with zero attached hydrogens (tertiary/aromatic N) is 3. The molecule has 8 nitrogen and oxygen atoms in total. The van der Waals surface area contributed by atoms with Gasteiger partial charge in [0, 0.05) is 31.3 Å². The van der Waals surface area contributed by atoms with Crippen LogP contribution in [0, 0.1) is 0 Å². The lowest BCUT2D eigenvalue weighted by atomic mass is 10.1. The van der Waals surface area contributed by atoms with Crippen molar-refractivity contribution in [1.29, 1.82) is 0 Å². The Morgan fingerprint density at radius 2 is 1.93 bits per heavy atom. The van der Waals surface area contributed by atoms with Crippen molar-refractivity contribution in [3.8, 4) is 17.1 Å². The number of rotatable bonds is 5. The highest BCUT2D eigenvalue weighted by molar-refractivity contribution is 7.89. The SMILES string of the molecule is COc1ccc(S(=O)(=O)N2CCC(c3nc(-c4ccccn4)cc(=O)[nH]3)C2)cc1. The van der Waals surface area contributed by atoms with Crippen molar-refractivity contribution >= 4 is 10.0 Å². The topological polar surface area (TPSA) is 105 Å². The maximum Gasteiger partial charge on any atom is 0.251 e. The molecule has 29 heavy (non-hydrogen) atoms. The summed E-state index contributed by atoms with van der Waals surface area (Å²) in [6.07, 6.45) is 2.21. The van der Waals surface area contributed by atoms with E-state index in [1.54, 1.807) is 30.5 Å². The first kappa shape index (κ1) is 19.3. The number of ether oxygens (including phenoxy) is 1. The van der Waals surface area contributed by atoms with Crippen LogP contribution in [0.4, 0.5) is 0 Å². The Kier molecular flexibility index (Phi) is 5.16. The van der Waals surface area contributed by atoms with E-state index in [1.165, 1.54) is 29.6 Å². The van der Waals surface area contributed by atoms with Crippen molar-refractivity contribution in [2.75, 3.05) is 20.2 Å². The number of nitrogens with one attached hydrogen (secondary N) is 1. The third-order valence-corrected chi connectivity index (χ3v) is 6.80. The second-order valence-electron chi connectivity index (χ2n) is 6.76. The van der Waals surface area contributed by atoms with Crippen LogP contribution in [0.1, 0.15) is 18.2 Å². The third-order valence-electron chi connectivity index (χ3n) is 4.92. The summed E-state index contributed by atoms with van der Waals surface area (Å²) < 4.78 is 32.4. The van der Waals surface area contributed by atoms with Crippen LogP contribution in [0.5, 0.6) is 5.75 Å². The fourth-order valence-electron chi connectivity index (χ4n) is 3.38. The van der Waals surface area contributed by atoms with Crippen LogP contribution >= 0.6 is 0 Å². The number of benzene rings is 1. The predicted octanol–water partition coefficient (Wildman–Crippen LogP) is 2.02. The Balaban J connectivity index is 1.58. The lowest BCUT2D eigenvalue weighted by Gasteiger charge is -2.17. The number of sulfonamides is 1. The number of hydrogen-bond acceptors (Lipinski definition) is 6. The van der Waals surface area contributed by atoms with Gasteiger partial charge in [0.25, 0.3) is 5.56 Å². The lowest BCUT2D eigenvalue weighted by molar-refractivity contribution is 0.414. The fourth-order valence-corrected chi connectivity index (χ4v) is 4.88. The van der Waals surface area contributed by atoms with Crippen molar-refractivity contribution in [3.05, 3.63) is 70.9 Å². The maximum atomic E-state index is 12.9. The summed E-state index contributed by atoms with van der Waals surface area (Å²) in [5.74, 6) is 0.876. The molecule has 0 bridgehead atoms. The number of pyridine rings is 1. The molecule has 1 unspecified atom stereocenters. The molecule has 0 saturated carbocycles. The van der Waals surface area contributed by atoms with E-state index in [2.05, 4.69) is 15.0 Å². The van der Waals surface area contributed by atoms with E-state index >= 15 is 0 Å². The first-order valence-electron chi connectivity index (χ1n) is 9.14. The molecule has 1 N–H and O–H groups in total. The smallest absolute Gasteiger partial charge is 0.251 e. The molecule has 1 aliphatic rings. The summed E-state index contributed by atoms with van der Waals surface area (Å²) in [5, 5.41) is 0. The highest BCUT2D eigenvalue weighted by atomic mass is 32.2. The molecule has 3 heterocycles. The van der Waals surface area contributed by atoms with Gasteiger partial charge in [-0.05, 0) is 42.8 Å². The third kappa shape index (κ3) is 3.92. The zero-order valence-corrected chi connectivity index (χ0v) is 16.6. The number of aromatic amines is 1. The zero-order valence-electron chi connectivity index (χ0n) is 15.8. The van der Waals surface area contributed by atoms with E-state index in [1.807, 2.05) is 6.07 Å². The molecule has 4 rings (SSSR count). The summed E-state index contributed by atoms with van der Waals surface area (Å²) in [4.78, 5) is 23.9.